The van der Waals surface area contributed by atoms with Gasteiger partial charge in [0.05, 0.1) is 4.92 Å². The molecular weight excluding hydrogens is 318 g/mol. The molecule has 0 saturated carbocycles. The first-order valence-electron chi connectivity index (χ1n) is 7.78. The second-order valence-electron chi connectivity index (χ2n) is 5.77. The highest BCUT2D eigenvalue weighted by Crippen LogP contribution is 2.26. The number of piperidine rings is 1. The van der Waals surface area contributed by atoms with Crippen LogP contribution in [0, 0.1) is 23.0 Å². The third-order valence-corrected chi connectivity index (χ3v) is 4.25. The fraction of sp³-hybridized carbons (Fsp3) is 0.562. The molecule has 0 atom stereocenters. The number of nitro benzene ring substituents is 1. The third-order valence-electron chi connectivity index (χ3n) is 4.25. The maximum absolute atomic E-state index is 12.7. The van der Waals surface area contributed by atoms with Gasteiger partial charge in [0.15, 0.2) is 0 Å². The van der Waals surface area contributed by atoms with E-state index in [1.807, 2.05) is 0 Å². The van der Waals surface area contributed by atoms with Crippen LogP contribution < -0.4 is 5.32 Å². The number of carbonyl (C=O) groups is 1. The molecule has 1 aromatic carbocycles. The first-order chi connectivity index (χ1) is 10.5. The van der Waals surface area contributed by atoms with Crippen LogP contribution in [0.15, 0.2) is 18.2 Å². The predicted octanol–water partition coefficient (Wildman–Crippen LogP) is 2.79. The van der Waals surface area contributed by atoms with Gasteiger partial charge in [0.2, 0.25) is 0 Å². The van der Waals surface area contributed by atoms with E-state index in [4.69, 9.17) is 0 Å². The Kier molecular flexibility index (Phi) is 7.45. The van der Waals surface area contributed by atoms with Crippen molar-refractivity contribution in [3.05, 3.63) is 39.4 Å². The molecular formula is C16H24ClN3O3. The van der Waals surface area contributed by atoms with E-state index in [0.29, 0.717) is 24.6 Å². The smallest absolute Gasteiger partial charge is 0.282 e. The van der Waals surface area contributed by atoms with Crippen LogP contribution in [-0.4, -0.2) is 41.9 Å². The third kappa shape index (κ3) is 4.65. The Balaban J connectivity index is 0.00000264. The van der Waals surface area contributed by atoms with Gasteiger partial charge in [-0.05, 0) is 44.3 Å². The van der Waals surface area contributed by atoms with Crippen molar-refractivity contribution in [1.29, 1.82) is 0 Å². The van der Waals surface area contributed by atoms with Gasteiger partial charge in [-0.15, -0.1) is 12.4 Å². The lowest BCUT2D eigenvalue weighted by molar-refractivity contribution is -0.385. The van der Waals surface area contributed by atoms with Crippen LogP contribution in [0.5, 0.6) is 0 Å². The summed E-state index contributed by atoms with van der Waals surface area (Å²) in [6.07, 6.45) is 1.89. The molecule has 1 heterocycles. The number of hydrogen-bond donors (Lipinski definition) is 1. The Bertz CT molecular complexity index is 558. The number of benzene rings is 1. The van der Waals surface area contributed by atoms with E-state index in [1.54, 1.807) is 24.0 Å². The number of nitro groups is 1. The van der Waals surface area contributed by atoms with Gasteiger partial charge < -0.3 is 10.2 Å². The second-order valence-corrected chi connectivity index (χ2v) is 5.77. The van der Waals surface area contributed by atoms with E-state index in [2.05, 4.69) is 12.2 Å². The molecule has 1 fully saturated rings. The summed E-state index contributed by atoms with van der Waals surface area (Å²) >= 11 is 0. The second kappa shape index (κ2) is 8.84. The summed E-state index contributed by atoms with van der Waals surface area (Å²) in [5, 5.41) is 14.5. The molecule has 1 aliphatic rings. The molecule has 0 aromatic heterocycles. The fourth-order valence-corrected chi connectivity index (χ4v) is 2.93. The zero-order chi connectivity index (χ0) is 16.1. The van der Waals surface area contributed by atoms with Crippen molar-refractivity contribution in [3.8, 4) is 0 Å². The number of halogens is 1. The van der Waals surface area contributed by atoms with Gasteiger partial charge >= 0.3 is 0 Å². The zero-order valence-electron chi connectivity index (χ0n) is 13.6. The zero-order valence-corrected chi connectivity index (χ0v) is 14.4. The normalized spacial score (nSPS) is 15.1. The molecule has 6 nitrogen and oxygen atoms in total. The number of rotatable bonds is 5. The van der Waals surface area contributed by atoms with Gasteiger partial charge in [-0.1, -0.05) is 19.1 Å². The molecule has 0 spiro atoms. The van der Waals surface area contributed by atoms with Gasteiger partial charge in [-0.2, -0.15) is 0 Å². The average Bonchev–Trinajstić information content (AvgIpc) is 2.52. The topological polar surface area (TPSA) is 75.5 Å². The lowest BCUT2D eigenvalue weighted by Gasteiger charge is -2.32. The maximum Gasteiger partial charge on any atom is 0.282 e. The van der Waals surface area contributed by atoms with Gasteiger partial charge in [-0.25, -0.2) is 0 Å². The number of carbonyl (C=O) groups excluding carboxylic acids is 1. The summed E-state index contributed by atoms with van der Waals surface area (Å²) in [4.78, 5) is 25.1. The highest BCUT2D eigenvalue weighted by molar-refractivity contribution is 5.99. The number of aryl methyl sites for hydroxylation is 1. The SMILES string of the molecule is CCNCC1CCN(C(=O)c2c(C)cccc2[N+](=O)[O-])CC1.Cl. The van der Waals surface area contributed by atoms with E-state index < -0.39 is 4.92 Å². The van der Waals surface area contributed by atoms with Crippen molar-refractivity contribution in [3.63, 3.8) is 0 Å². The lowest BCUT2D eigenvalue weighted by atomic mass is 9.95. The molecule has 0 radical (unpaired) electrons. The molecule has 1 aliphatic heterocycles. The summed E-state index contributed by atoms with van der Waals surface area (Å²) in [5.74, 6) is 0.363. The number of nitrogens with zero attached hydrogens (tertiary/aromatic N) is 2. The predicted molar refractivity (Wildman–Crippen MR) is 92.3 cm³/mol. The monoisotopic (exact) mass is 341 g/mol. The van der Waals surface area contributed by atoms with Gasteiger partial charge in [0.25, 0.3) is 11.6 Å². The highest BCUT2D eigenvalue weighted by atomic mass is 35.5. The number of amides is 1. The van der Waals surface area contributed by atoms with Crippen LogP contribution in [-0.2, 0) is 0 Å². The Labute approximate surface area is 142 Å². The molecule has 0 bridgehead atoms. The molecule has 0 unspecified atom stereocenters. The summed E-state index contributed by atoms with van der Waals surface area (Å²) in [5.41, 5.74) is 0.798. The largest absolute Gasteiger partial charge is 0.338 e. The number of likely N-dealkylation sites (tertiary alicyclic amines) is 1. The lowest BCUT2D eigenvalue weighted by Crippen LogP contribution is -2.41. The standard InChI is InChI=1S/C16H23N3O3.ClH/c1-3-17-11-13-7-9-18(10-8-13)16(20)15-12(2)5-4-6-14(15)19(21)22;/h4-6,13,17H,3,7-11H2,1-2H3;1H. The van der Waals surface area contributed by atoms with Crippen molar-refractivity contribution in [1.82, 2.24) is 10.2 Å². The van der Waals surface area contributed by atoms with E-state index in [-0.39, 0.29) is 29.6 Å². The van der Waals surface area contributed by atoms with Gasteiger partial charge in [-0.3, -0.25) is 14.9 Å². The molecule has 2 rings (SSSR count). The Hall–Kier alpha value is -1.66. The Morgan fingerprint density at radius 2 is 2.04 bits per heavy atom. The number of nitrogens with one attached hydrogen (secondary N) is 1. The van der Waals surface area contributed by atoms with Crippen LogP contribution in [0.1, 0.15) is 35.7 Å². The summed E-state index contributed by atoms with van der Waals surface area (Å²) < 4.78 is 0. The van der Waals surface area contributed by atoms with Crippen LogP contribution >= 0.6 is 12.4 Å². The molecule has 1 aromatic rings. The fourth-order valence-electron chi connectivity index (χ4n) is 2.93. The summed E-state index contributed by atoms with van der Waals surface area (Å²) in [6.45, 7) is 7.09. The molecule has 1 amide bonds. The van der Waals surface area contributed by atoms with Crippen molar-refractivity contribution in [2.75, 3.05) is 26.2 Å². The van der Waals surface area contributed by atoms with Gasteiger partial charge in [0, 0.05) is 19.2 Å². The van der Waals surface area contributed by atoms with E-state index in [1.165, 1.54) is 6.07 Å². The first kappa shape index (κ1) is 19.4. The first-order valence-corrected chi connectivity index (χ1v) is 7.78. The van der Waals surface area contributed by atoms with Crippen LogP contribution in [0.25, 0.3) is 0 Å². The molecule has 23 heavy (non-hydrogen) atoms. The van der Waals surface area contributed by atoms with Crippen molar-refractivity contribution < 1.29 is 9.72 Å². The quantitative estimate of drug-likeness (QED) is 0.660. The van der Waals surface area contributed by atoms with Crippen molar-refractivity contribution in [2.45, 2.75) is 26.7 Å². The van der Waals surface area contributed by atoms with Crippen LogP contribution in [0.3, 0.4) is 0 Å². The Morgan fingerprint density at radius 1 is 1.39 bits per heavy atom. The summed E-state index contributed by atoms with van der Waals surface area (Å²) in [6, 6.07) is 4.77. The van der Waals surface area contributed by atoms with E-state index >= 15 is 0 Å². The van der Waals surface area contributed by atoms with Gasteiger partial charge in [0.1, 0.15) is 5.56 Å². The van der Waals surface area contributed by atoms with Crippen LogP contribution in [0.4, 0.5) is 5.69 Å². The molecule has 0 aliphatic carbocycles. The maximum atomic E-state index is 12.7. The molecule has 1 N–H and O–H groups in total. The summed E-state index contributed by atoms with van der Waals surface area (Å²) in [7, 11) is 0. The minimum atomic E-state index is -0.474. The average molecular weight is 342 g/mol. The van der Waals surface area contributed by atoms with E-state index in [9.17, 15) is 14.9 Å². The Morgan fingerprint density at radius 3 is 2.61 bits per heavy atom. The van der Waals surface area contributed by atoms with Crippen LogP contribution in [0.2, 0.25) is 0 Å². The van der Waals surface area contributed by atoms with E-state index in [0.717, 1.165) is 25.9 Å². The van der Waals surface area contributed by atoms with Crippen molar-refractivity contribution >= 4 is 24.0 Å². The highest BCUT2D eigenvalue weighted by Gasteiger charge is 2.29. The molecule has 128 valence electrons. The van der Waals surface area contributed by atoms with Crippen molar-refractivity contribution in [2.24, 2.45) is 5.92 Å². The minimum absolute atomic E-state index is 0. The number of hydrogen-bond acceptors (Lipinski definition) is 4. The molecule has 7 heteroatoms. The minimum Gasteiger partial charge on any atom is -0.338 e. The molecule has 1 saturated heterocycles.